The quantitative estimate of drug-likeness (QED) is 0.707. The molecular formula is C21H24N4O. The van der Waals surface area contributed by atoms with Gasteiger partial charge in [0.1, 0.15) is 0 Å². The molecule has 1 amide bonds. The molecule has 1 atom stereocenters. The van der Waals surface area contributed by atoms with Crippen molar-refractivity contribution >= 4 is 16.9 Å². The molecule has 2 aromatic heterocycles. The molecule has 1 aliphatic heterocycles. The Kier molecular flexibility index (Phi) is 4.23. The number of aromatic nitrogens is 3. The molecule has 1 aliphatic rings. The molecule has 0 bridgehead atoms. The standard InChI is InChI=1S/C21H24N4O/c1-14-8-7-11-25(13-14)21(26)17-12-18(16-9-5-4-6-10-16)22-20-19(17)15(2)23-24(20)3/h4-6,9-10,12,14H,7-8,11,13H2,1-3H3/t14-/m0/s1. The van der Waals surface area contributed by atoms with E-state index in [1.54, 1.807) is 4.68 Å². The SMILES string of the molecule is Cc1nn(C)c2nc(-c3ccccc3)cc(C(=O)N3CCC[C@H](C)C3)c12. The molecule has 3 heterocycles. The van der Waals surface area contributed by atoms with E-state index in [-0.39, 0.29) is 5.91 Å². The van der Waals surface area contributed by atoms with Gasteiger partial charge >= 0.3 is 0 Å². The predicted octanol–water partition coefficient (Wildman–Crippen LogP) is 3.82. The molecule has 5 nitrogen and oxygen atoms in total. The number of likely N-dealkylation sites (tertiary alicyclic amines) is 1. The van der Waals surface area contributed by atoms with Crippen LogP contribution in [0.3, 0.4) is 0 Å². The Balaban J connectivity index is 1.88. The van der Waals surface area contributed by atoms with E-state index < -0.39 is 0 Å². The number of pyridine rings is 1. The van der Waals surface area contributed by atoms with Crippen molar-refractivity contribution in [1.29, 1.82) is 0 Å². The number of amides is 1. The summed E-state index contributed by atoms with van der Waals surface area (Å²) in [6, 6.07) is 11.9. The number of nitrogens with zero attached hydrogens (tertiary/aromatic N) is 4. The van der Waals surface area contributed by atoms with Gasteiger partial charge in [-0.25, -0.2) is 4.98 Å². The summed E-state index contributed by atoms with van der Waals surface area (Å²) in [5.41, 5.74) is 4.15. The number of aryl methyl sites for hydroxylation is 2. The van der Waals surface area contributed by atoms with Crippen molar-refractivity contribution in [1.82, 2.24) is 19.7 Å². The Hall–Kier alpha value is -2.69. The van der Waals surface area contributed by atoms with Gasteiger partial charge in [-0.15, -0.1) is 0 Å². The number of carbonyl (C=O) groups excluding carboxylic acids is 1. The average molecular weight is 348 g/mol. The van der Waals surface area contributed by atoms with Crippen molar-refractivity contribution < 1.29 is 4.79 Å². The highest BCUT2D eigenvalue weighted by Gasteiger charge is 2.26. The van der Waals surface area contributed by atoms with Crippen LogP contribution in [-0.2, 0) is 7.05 Å². The molecule has 0 spiro atoms. The van der Waals surface area contributed by atoms with Gasteiger partial charge in [0.15, 0.2) is 5.65 Å². The number of carbonyl (C=O) groups is 1. The van der Waals surface area contributed by atoms with E-state index in [0.29, 0.717) is 11.5 Å². The number of hydrogen-bond acceptors (Lipinski definition) is 3. The monoisotopic (exact) mass is 348 g/mol. The van der Waals surface area contributed by atoms with Crippen molar-refractivity contribution in [2.75, 3.05) is 13.1 Å². The molecule has 0 saturated carbocycles. The zero-order valence-corrected chi connectivity index (χ0v) is 15.6. The number of fused-ring (bicyclic) bond motifs is 1. The summed E-state index contributed by atoms with van der Waals surface area (Å²) in [5, 5.41) is 5.38. The Labute approximate surface area is 153 Å². The highest BCUT2D eigenvalue weighted by Crippen LogP contribution is 2.29. The second-order valence-corrected chi connectivity index (χ2v) is 7.33. The maximum atomic E-state index is 13.4. The van der Waals surface area contributed by atoms with Crippen LogP contribution in [0.2, 0.25) is 0 Å². The number of benzene rings is 1. The van der Waals surface area contributed by atoms with Crippen molar-refractivity contribution in [3.05, 3.63) is 47.7 Å². The third kappa shape index (κ3) is 2.87. The third-order valence-corrected chi connectivity index (χ3v) is 5.21. The van der Waals surface area contributed by atoms with Gasteiger partial charge in [-0.1, -0.05) is 37.3 Å². The van der Waals surface area contributed by atoms with Crippen LogP contribution in [0.4, 0.5) is 0 Å². The first-order chi connectivity index (χ1) is 12.5. The first-order valence-corrected chi connectivity index (χ1v) is 9.23. The molecule has 1 saturated heterocycles. The fourth-order valence-corrected chi connectivity index (χ4v) is 3.91. The van der Waals surface area contributed by atoms with Gasteiger partial charge in [0.05, 0.1) is 22.3 Å². The topological polar surface area (TPSA) is 51.0 Å². The normalized spacial score (nSPS) is 17.7. The summed E-state index contributed by atoms with van der Waals surface area (Å²) in [4.78, 5) is 20.2. The van der Waals surface area contributed by atoms with Gasteiger partial charge < -0.3 is 4.90 Å². The zero-order valence-electron chi connectivity index (χ0n) is 15.6. The number of piperidine rings is 1. The summed E-state index contributed by atoms with van der Waals surface area (Å²) < 4.78 is 1.77. The zero-order chi connectivity index (χ0) is 18.3. The summed E-state index contributed by atoms with van der Waals surface area (Å²) in [6.45, 7) is 5.81. The van der Waals surface area contributed by atoms with Gasteiger partial charge in [-0.2, -0.15) is 5.10 Å². The van der Waals surface area contributed by atoms with Crippen LogP contribution in [0.1, 0.15) is 35.8 Å². The molecule has 0 radical (unpaired) electrons. The van der Waals surface area contributed by atoms with Crippen LogP contribution in [0.15, 0.2) is 36.4 Å². The molecule has 4 rings (SSSR count). The highest BCUT2D eigenvalue weighted by atomic mass is 16.2. The maximum Gasteiger partial charge on any atom is 0.254 e. The third-order valence-electron chi connectivity index (χ3n) is 5.21. The molecule has 0 N–H and O–H groups in total. The van der Waals surface area contributed by atoms with E-state index in [1.165, 1.54) is 6.42 Å². The van der Waals surface area contributed by atoms with E-state index in [0.717, 1.165) is 47.5 Å². The van der Waals surface area contributed by atoms with Crippen LogP contribution in [-0.4, -0.2) is 38.7 Å². The van der Waals surface area contributed by atoms with Crippen LogP contribution >= 0.6 is 0 Å². The van der Waals surface area contributed by atoms with Crippen LogP contribution in [0.25, 0.3) is 22.3 Å². The molecule has 134 valence electrons. The van der Waals surface area contributed by atoms with Crippen molar-refractivity contribution in [2.24, 2.45) is 13.0 Å². The van der Waals surface area contributed by atoms with Crippen molar-refractivity contribution in [3.8, 4) is 11.3 Å². The first kappa shape index (κ1) is 16.8. The van der Waals surface area contributed by atoms with E-state index in [9.17, 15) is 4.79 Å². The van der Waals surface area contributed by atoms with E-state index in [2.05, 4.69) is 12.0 Å². The summed E-state index contributed by atoms with van der Waals surface area (Å²) >= 11 is 0. The Morgan fingerprint density at radius 2 is 2.00 bits per heavy atom. The van der Waals surface area contributed by atoms with Gasteiger partial charge in [0.25, 0.3) is 5.91 Å². The summed E-state index contributed by atoms with van der Waals surface area (Å²) in [7, 11) is 1.88. The van der Waals surface area contributed by atoms with Gasteiger partial charge in [-0.3, -0.25) is 9.48 Å². The Bertz CT molecular complexity index is 961. The largest absolute Gasteiger partial charge is 0.338 e. The number of hydrogen-bond donors (Lipinski definition) is 0. The predicted molar refractivity (Wildman–Crippen MR) is 103 cm³/mol. The van der Waals surface area contributed by atoms with E-state index >= 15 is 0 Å². The molecular weight excluding hydrogens is 324 g/mol. The Morgan fingerprint density at radius 3 is 2.73 bits per heavy atom. The van der Waals surface area contributed by atoms with Crippen molar-refractivity contribution in [2.45, 2.75) is 26.7 Å². The minimum atomic E-state index is 0.0947. The molecule has 0 unspecified atom stereocenters. The van der Waals surface area contributed by atoms with Gasteiger partial charge in [-0.05, 0) is 31.7 Å². The number of rotatable bonds is 2. The average Bonchev–Trinajstić information content (AvgIpc) is 2.95. The molecule has 3 aromatic rings. The lowest BCUT2D eigenvalue weighted by atomic mass is 9.98. The highest BCUT2D eigenvalue weighted by molar-refractivity contribution is 6.07. The summed E-state index contributed by atoms with van der Waals surface area (Å²) in [6.07, 6.45) is 2.26. The summed E-state index contributed by atoms with van der Waals surface area (Å²) in [5.74, 6) is 0.644. The Morgan fingerprint density at radius 1 is 1.23 bits per heavy atom. The smallest absolute Gasteiger partial charge is 0.254 e. The van der Waals surface area contributed by atoms with Crippen LogP contribution in [0.5, 0.6) is 0 Å². The fourth-order valence-electron chi connectivity index (χ4n) is 3.91. The lowest BCUT2D eigenvalue weighted by Crippen LogP contribution is -2.39. The van der Waals surface area contributed by atoms with Crippen molar-refractivity contribution in [3.63, 3.8) is 0 Å². The van der Waals surface area contributed by atoms with E-state index in [4.69, 9.17) is 4.98 Å². The lowest BCUT2D eigenvalue weighted by molar-refractivity contribution is 0.0685. The second kappa shape index (κ2) is 6.56. The molecule has 1 fully saturated rings. The fraction of sp³-hybridized carbons (Fsp3) is 0.381. The van der Waals surface area contributed by atoms with Crippen LogP contribution < -0.4 is 0 Å². The second-order valence-electron chi connectivity index (χ2n) is 7.33. The first-order valence-electron chi connectivity index (χ1n) is 9.23. The molecule has 0 aliphatic carbocycles. The van der Waals surface area contributed by atoms with Crippen LogP contribution in [0, 0.1) is 12.8 Å². The molecule has 26 heavy (non-hydrogen) atoms. The van der Waals surface area contributed by atoms with E-state index in [1.807, 2.05) is 55.3 Å². The molecule has 5 heteroatoms. The minimum Gasteiger partial charge on any atom is -0.338 e. The molecule has 1 aromatic carbocycles. The van der Waals surface area contributed by atoms with Gasteiger partial charge in [0.2, 0.25) is 0 Å². The minimum absolute atomic E-state index is 0.0947. The lowest BCUT2D eigenvalue weighted by Gasteiger charge is -2.31. The maximum absolute atomic E-state index is 13.4. The van der Waals surface area contributed by atoms with Gasteiger partial charge in [0, 0.05) is 25.7 Å².